The molecule has 2 heterocycles. The van der Waals surface area contributed by atoms with Crippen LogP contribution in [0.4, 0.5) is 5.82 Å². The second kappa shape index (κ2) is 5.88. The summed E-state index contributed by atoms with van der Waals surface area (Å²) in [5.74, 6) is 1.95. The van der Waals surface area contributed by atoms with Gasteiger partial charge in [-0.25, -0.2) is 4.98 Å². The van der Waals surface area contributed by atoms with E-state index in [4.69, 9.17) is 11.6 Å². The molecule has 0 bridgehead atoms. The van der Waals surface area contributed by atoms with E-state index in [1.54, 1.807) is 6.07 Å². The normalized spacial score (nSPS) is 19.4. The van der Waals surface area contributed by atoms with Crippen LogP contribution in [0.1, 0.15) is 25.7 Å². The lowest BCUT2D eigenvalue weighted by atomic mass is 9.99. The number of hydrogen-bond acceptors (Lipinski definition) is 3. The van der Waals surface area contributed by atoms with Crippen molar-refractivity contribution in [1.29, 1.82) is 0 Å². The van der Waals surface area contributed by atoms with Gasteiger partial charge < -0.3 is 10.0 Å². The smallest absolute Gasteiger partial charge is 0.136 e. The van der Waals surface area contributed by atoms with Crippen molar-refractivity contribution in [3.8, 4) is 5.75 Å². The van der Waals surface area contributed by atoms with Crippen molar-refractivity contribution in [1.82, 2.24) is 4.98 Å². The minimum Gasteiger partial charge on any atom is -0.508 e. The van der Waals surface area contributed by atoms with Gasteiger partial charge in [-0.3, -0.25) is 0 Å². The number of anilines is 1. The number of pyridine rings is 1. The van der Waals surface area contributed by atoms with Gasteiger partial charge in [0.25, 0.3) is 0 Å². The van der Waals surface area contributed by atoms with Gasteiger partial charge in [0.1, 0.15) is 11.6 Å². The summed E-state index contributed by atoms with van der Waals surface area (Å²) >= 11 is 5.94. The predicted octanol–water partition coefficient (Wildman–Crippen LogP) is 3.93. The zero-order valence-electron chi connectivity index (χ0n) is 11.4. The number of nitrogens with zero attached hydrogens (tertiary/aromatic N) is 2. The molecule has 2 aromatic rings. The Morgan fingerprint density at radius 3 is 3.05 bits per heavy atom. The van der Waals surface area contributed by atoms with E-state index < -0.39 is 0 Å². The van der Waals surface area contributed by atoms with Gasteiger partial charge in [0.2, 0.25) is 0 Å². The molecule has 1 N–H and O–H groups in total. The highest BCUT2D eigenvalue weighted by Gasteiger charge is 2.24. The third-order valence-corrected chi connectivity index (χ3v) is 4.29. The van der Waals surface area contributed by atoms with E-state index >= 15 is 0 Å². The largest absolute Gasteiger partial charge is 0.508 e. The molecule has 1 aliphatic rings. The first-order valence-electron chi connectivity index (χ1n) is 7.20. The van der Waals surface area contributed by atoms with Crippen LogP contribution in [-0.2, 0) is 0 Å². The first-order valence-corrected chi connectivity index (χ1v) is 7.73. The van der Waals surface area contributed by atoms with Gasteiger partial charge in [0.05, 0.1) is 0 Å². The standard InChI is InChI=1S/C16H19ClN2O/c17-8-6-13-3-1-2-10-19(13)16-15-11-14(20)5-4-12(15)7-9-18-16/h4-5,7,9,11,13,20H,1-3,6,8,10H2. The number of benzene rings is 1. The topological polar surface area (TPSA) is 36.4 Å². The van der Waals surface area contributed by atoms with Crippen LogP contribution >= 0.6 is 11.6 Å². The van der Waals surface area contributed by atoms with Gasteiger partial charge >= 0.3 is 0 Å². The number of rotatable bonds is 3. The molecule has 1 unspecified atom stereocenters. The molecule has 3 nitrogen and oxygen atoms in total. The number of halogens is 1. The van der Waals surface area contributed by atoms with E-state index in [1.807, 2.05) is 24.4 Å². The fourth-order valence-corrected chi connectivity index (χ4v) is 3.33. The molecule has 0 radical (unpaired) electrons. The summed E-state index contributed by atoms with van der Waals surface area (Å²) in [6, 6.07) is 7.92. The number of aromatic nitrogens is 1. The molecule has 1 aliphatic heterocycles. The summed E-state index contributed by atoms with van der Waals surface area (Å²) < 4.78 is 0. The first kappa shape index (κ1) is 13.5. The molecule has 0 saturated carbocycles. The molecule has 0 spiro atoms. The summed E-state index contributed by atoms with van der Waals surface area (Å²) in [5.41, 5.74) is 0. The summed E-state index contributed by atoms with van der Waals surface area (Å²) in [6.07, 6.45) is 6.45. The number of aromatic hydroxyl groups is 1. The lowest BCUT2D eigenvalue weighted by Gasteiger charge is -2.37. The highest BCUT2D eigenvalue weighted by molar-refractivity contribution is 6.17. The monoisotopic (exact) mass is 290 g/mol. The maximum Gasteiger partial charge on any atom is 0.136 e. The number of hydrogen-bond donors (Lipinski definition) is 1. The lowest BCUT2D eigenvalue weighted by Crippen LogP contribution is -2.40. The van der Waals surface area contributed by atoms with E-state index in [1.165, 1.54) is 19.3 Å². The summed E-state index contributed by atoms with van der Waals surface area (Å²) in [6.45, 7) is 1.02. The van der Waals surface area contributed by atoms with Crippen LogP contribution in [0.15, 0.2) is 30.5 Å². The average molecular weight is 291 g/mol. The summed E-state index contributed by atoms with van der Waals surface area (Å²) in [4.78, 5) is 6.94. The number of alkyl halides is 1. The lowest BCUT2D eigenvalue weighted by molar-refractivity contribution is 0.449. The zero-order valence-corrected chi connectivity index (χ0v) is 12.2. The van der Waals surface area contributed by atoms with Crippen LogP contribution in [0.25, 0.3) is 10.8 Å². The Bertz CT molecular complexity index is 600. The maximum atomic E-state index is 9.75. The van der Waals surface area contributed by atoms with E-state index in [0.717, 1.165) is 29.6 Å². The Balaban J connectivity index is 2.05. The Morgan fingerprint density at radius 1 is 1.30 bits per heavy atom. The molecule has 4 heteroatoms. The van der Waals surface area contributed by atoms with Crippen molar-refractivity contribution in [2.24, 2.45) is 0 Å². The van der Waals surface area contributed by atoms with Crippen molar-refractivity contribution in [2.75, 3.05) is 17.3 Å². The fraction of sp³-hybridized carbons (Fsp3) is 0.438. The van der Waals surface area contributed by atoms with Crippen molar-refractivity contribution < 1.29 is 5.11 Å². The Kier molecular flexibility index (Phi) is 3.97. The Morgan fingerprint density at radius 2 is 2.20 bits per heavy atom. The quantitative estimate of drug-likeness (QED) is 0.870. The minimum absolute atomic E-state index is 0.289. The first-order chi connectivity index (χ1) is 9.79. The Hall–Kier alpha value is -1.48. The average Bonchev–Trinajstić information content (AvgIpc) is 2.48. The third kappa shape index (κ3) is 2.55. The number of phenolic OH excluding ortho intramolecular Hbond substituents is 1. The van der Waals surface area contributed by atoms with Crippen LogP contribution < -0.4 is 4.90 Å². The second-order valence-corrected chi connectivity index (χ2v) is 5.74. The molecular weight excluding hydrogens is 272 g/mol. The van der Waals surface area contributed by atoms with Crippen molar-refractivity contribution >= 4 is 28.2 Å². The van der Waals surface area contributed by atoms with Gasteiger partial charge in [-0.1, -0.05) is 6.07 Å². The van der Waals surface area contributed by atoms with Gasteiger partial charge in [-0.05, 0) is 49.3 Å². The molecule has 1 atom stereocenters. The molecule has 3 rings (SSSR count). The third-order valence-electron chi connectivity index (χ3n) is 4.07. The highest BCUT2D eigenvalue weighted by Crippen LogP contribution is 2.32. The highest BCUT2D eigenvalue weighted by atomic mass is 35.5. The molecule has 0 amide bonds. The van der Waals surface area contributed by atoms with Gasteiger partial charge in [-0.15, -0.1) is 11.6 Å². The van der Waals surface area contributed by atoms with Crippen LogP contribution in [0.5, 0.6) is 5.75 Å². The van der Waals surface area contributed by atoms with Gasteiger partial charge in [0.15, 0.2) is 0 Å². The van der Waals surface area contributed by atoms with E-state index in [0.29, 0.717) is 11.9 Å². The van der Waals surface area contributed by atoms with Crippen molar-refractivity contribution in [3.63, 3.8) is 0 Å². The van der Waals surface area contributed by atoms with Gasteiger partial charge in [-0.2, -0.15) is 0 Å². The van der Waals surface area contributed by atoms with Crippen LogP contribution in [0.2, 0.25) is 0 Å². The fourth-order valence-electron chi connectivity index (χ4n) is 3.08. The zero-order chi connectivity index (χ0) is 13.9. The minimum atomic E-state index is 0.289. The van der Waals surface area contributed by atoms with Crippen LogP contribution in [-0.4, -0.2) is 28.6 Å². The molecule has 0 aliphatic carbocycles. The second-order valence-electron chi connectivity index (χ2n) is 5.36. The molecule has 1 fully saturated rings. The van der Waals surface area contributed by atoms with Gasteiger partial charge in [0, 0.05) is 30.0 Å². The number of piperidine rings is 1. The summed E-state index contributed by atoms with van der Waals surface area (Å²) in [5, 5.41) is 11.9. The van der Waals surface area contributed by atoms with Crippen molar-refractivity contribution in [2.45, 2.75) is 31.7 Å². The maximum absolute atomic E-state index is 9.75. The molecule has 1 aromatic carbocycles. The van der Waals surface area contributed by atoms with Crippen LogP contribution in [0.3, 0.4) is 0 Å². The molecule has 20 heavy (non-hydrogen) atoms. The Labute approximate surface area is 124 Å². The van der Waals surface area contributed by atoms with E-state index in [2.05, 4.69) is 9.88 Å². The summed E-state index contributed by atoms with van der Waals surface area (Å²) in [7, 11) is 0. The van der Waals surface area contributed by atoms with E-state index in [9.17, 15) is 5.11 Å². The van der Waals surface area contributed by atoms with E-state index in [-0.39, 0.29) is 5.75 Å². The SMILES string of the molecule is Oc1ccc2ccnc(N3CCCCC3CCCl)c2c1. The number of phenols is 1. The number of fused-ring (bicyclic) bond motifs is 1. The van der Waals surface area contributed by atoms with Crippen LogP contribution in [0, 0.1) is 0 Å². The molecule has 1 saturated heterocycles. The molecular formula is C16H19ClN2O. The predicted molar refractivity (Wildman–Crippen MR) is 83.7 cm³/mol. The molecule has 1 aromatic heterocycles. The molecule has 106 valence electrons. The van der Waals surface area contributed by atoms with Crippen molar-refractivity contribution in [3.05, 3.63) is 30.5 Å².